The molecule has 0 aliphatic carbocycles. The van der Waals surface area contributed by atoms with Crippen molar-refractivity contribution in [3.8, 4) is 5.75 Å². The van der Waals surface area contributed by atoms with Gasteiger partial charge in [-0.2, -0.15) is 4.31 Å². The van der Waals surface area contributed by atoms with Gasteiger partial charge in [-0.1, -0.05) is 0 Å². The minimum atomic E-state index is -3.85. The van der Waals surface area contributed by atoms with Crippen LogP contribution in [0.4, 0.5) is 5.69 Å². The number of benzene rings is 1. The van der Waals surface area contributed by atoms with Gasteiger partial charge in [-0.05, 0) is 45.0 Å². The molecule has 1 saturated heterocycles. The fourth-order valence-corrected chi connectivity index (χ4v) is 4.96. The maximum atomic E-state index is 13.1. The number of piperidine rings is 1. The van der Waals surface area contributed by atoms with Crippen LogP contribution in [0.2, 0.25) is 0 Å². The van der Waals surface area contributed by atoms with Gasteiger partial charge in [0.1, 0.15) is 10.6 Å². The van der Waals surface area contributed by atoms with Gasteiger partial charge in [0, 0.05) is 19.2 Å². The molecule has 26 heavy (non-hydrogen) atoms. The average Bonchev–Trinajstić information content (AvgIpc) is 2.61. The van der Waals surface area contributed by atoms with E-state index in [4.69, 9.17) is 4.74 Å². The minimum Gasteiger partial charge on any atom is -0.497 e. The molecule has 0 atom stereocenters. The summed E-state index contributed by atoms with van der Waals surface area (Å²) in [4.78, 5) is -0.0774. The van der Waals surface area contributed by atoms with E-state index in [-0.39, 0.29) is 34.8 Å². The van der Waals surface area contributed by atoms with E-state index in [9.17, 15) is 16.8 Å². The zero-order chi connectivity index (χ0) is 18.7. The summed E-state index contributed by atoms with van der Waals surface area (Å²) < 4.78 is 58.8. The second-order valence-corrected chi connectivity index (χ2v) is 9.85. The van der Waals surface area contributed by atoms with Gasteiger partial charge in [-0.25, -0.2) is 16.8 Å². The lowest BCUT2D eigenvalue weighted by molar-refractivity contribution is 0.296. The molecule has 1 aromatic carbocycles. The molecule has 150 valence electrons. The molecular formula is C15H26ClN3O5S2. The summed E-state index contributed by atoms with van der Waals surface area (Å²) in [7, 11) is -4.51. The Kier molecular flexibility index (Phi) is 8.15. The predicted octanol–water partition coefficient (Wildman–Crippen LogP) is 1.25. The number of hydrogen-bond donors (Lipinski definition) is 2. The number of halogens is 1. The molecule has 2 N–H and O–H groups in total. The first kappa shape index (κ1) is 23.0. The van der Waals surface area contributed by atoms with Gasteiger partial charge in [0.15, 0.2) is 0 Å². The Morgan fingerprint density at radius 2 is 1.85 bits per heavy atom. The Bertz CT molecular complexity index is 809. The van der Waals surface area contributed by atoms with Gasteiger partial charge < -0.3 is 10.1 Å². The van der Waals surface area contributed by atoms with Crippen LogP contribution in [0.5, 0.6) is 5.75 Å². The Morgan fingerprint density at radius 1 is 1.23 bits per heavy atom. The first-order valence-corrected chi connectivity index (χ1v) is 11.2. The van der Waals surface area contributed by atoms with Crippen LogP contribution in [-0.2, 0) is 20.0 Å². The van der Waals surface area contributed by atoms with Crippen LogP contribution >= 0.6 is 12.4 Å². The van der Waals surface area contributed by atoms with Crippen LogP contribution in [0.3, 0.4) is 0 Å². The largest absolute Gasteiger partial charge is 0.497 e. The molecule has 1 aliphatic rings. The number of nitrogens with one attached hydrogen (secondary N) is 2. The summed E-state index contributed by atoms with van der Waals surface area (Å²) >= 11 is 0. The van der Waals surface area contributed by atoms with Crippen molar-refractivity contribution in [2.75, 3.05) is 37.7 Å². The molecule has 1 aromatic rings. The summed E-state index contributed by atoms with van der Waals surface area (Å²) in [6.45, 7) is 2.99. The highest BCUT2D eigenvalue weighted by atomic mass is 35.5. The highest BCUT2D eigenvalue weighted by molar-refractivity contribution is 7.93. The molecule has 1 heterocycles. The fourth-order valence-electron chi connectivity index (χ4n) is 2.70. The Labute approximate surface area is 161 Å². The smallest absolute Gasteiger partial charge is 0.245 e. The second kappa shape index (κ2) is 9.23. The van der Waals surface area contributed by atoms with E-state index in [0.29, 0.717) is 18.6 Å². The molecule has 0 saturated carbocycles. The van der Waals surface area contributed by atoms with Crippen molar-refractivity contribution in [1.82, 2.24) is 9.62 Å². The van der Waals surface area contributed by atoms with Crippen LogP contribution in [-0.4, -0.2) is 60.2 Å². The number of anilines is 1. The molecule has 0 unspecified atom stereocenters. The van der Waals surface area contributed by atoms with Crippen molar-refractivity contribution in [1.29, 1.82) is 0 Å². The third kappa shape index (κ3) is 5.23. The summed E-state index contributed by atoms with van der Waals surface area (Å²) in [5.74, 6) is 0.214. The zero-order valence-corrected chi connectivity index (χ0v) is 17.5. The topological polar surface area (TPSA) is 105 Å². The first-order valence-electron chi connectivity index (χ1n) is 8.08. The SMILES string of the molecule is CCS(=O)(=O)Nc1cc(OC)ccc1S(=O)(=O)N(C)C1CCNCC1.Cl. The van der Waals surface area contributed by atoms with Crippen LogP contribution in [0.25, 0.3) is 0 Å². The van der Waals surface area contributed by atoms with Gasteiger partial charge in [0.2, 0.25) is 20.0 Å². The number of sulfonamides is 2. The van der Waals surface area contributed by atoms with E-state index in [0.717, 1.165) is 13.1 Å². The zero-order valence-electron chi connectivity index (χ0n) is 15.1. The third-order valence-electron chi connectivity index (χ3n) is 4.31. The number of hydrogen-bond acceptors (Lipinski definition) is 6. The number of nitrogens with zero attached hydrogens (tertiary/aromatic N) is 1. The van der Waals surface area contributed by atoms with Gasteiger partial charge in [-0.15, -0.1) is 12.4 Å². The molecule has 1 fully saturated rings. The van der Waals surface area contributed by atoms with Crippen LogP contribution in [0, 0.1) is 0 Å². The molecule has 0 spiro atoms. The van der Waals surface area contributed by atoms with Crippen LogP contribution < -0.4 is 14.8 Å². The molecule has 0 radical (unpaired) electrons. The maximum absolute atomic E-state index is 13.1. The van der Waals surface area contributed by atoms with Crippen LogP contribution in [0.15, 0.2) is 23.1 Å². The Morgan fingerprint density at radius 3 is 2.38 bits per heavy atom. The lowest BCUT2D eigenvalue weighted by atomic mass is 10.1. The van der Waals surface area contributed by atoms with Crippen molar-refractivity contribution < 1.29 is 21.6 Å². The van der Waals surface area contributed by atoms with Gasteiger partial charge in [-0.3, -0.25) is 4.72 Å². The summed E-state index contributed by atoms with van der Waals surface area (Å²) in [5, 5.41) is 3.20. The molecule has 0 aromatic heterocycles. The second-order valence-electron chi connectivity index (χ2n) is 5.87. The number of ether oxygens (including phenoxy) is 1. The predicted molar refractivity (Wildman–Crippen MR) is 104 cm³/mol. The van der Waals surface area contributed by atoms with Crippen LogP contribution in [0.1, 0.15) is 19.8 Å². The minimum absolute atomic E-state index is 0. The van der Waals surface area contributed by atoms with Gasteiger partial charge in [0.25, 0.3) is 0 Å². The highest BCUT2D eigenvalue weighted by Gasteiger charge is 2.31. The van der Waals surface area contributed by atoms with E-state index in [1.165, 1.54) is 43.6 Å². The molecular weight excluding hydrogens is 402 g/mol. The molecule has 8 nitrogen and oxygen atoms in total. The van der Waals surface area contributed by atoms with Crippen molar-refractivity contribution in [2.45, 2.75) is 30.7 Å². The van der Waals surface area contributed by atoms with E-state index < -0.39 is 20.0 Å². The lowest BCUT2D eigenvalue weighted by Gasteiger charge is -2.31. The maximum Gasteiger partial charge on any atom is 0.245 e. The number of rotatable bonds is 7. The normalized spacial score (nSPS) is 16.2. The first-order chi connectivity index (χ1) is 11.7. The Balaban J connectivity index is 0.00000338. The average molecular weight is 428 g/mol. The van der Waals surface area contributed by atoms with E-state index in [2.05, 4.69) is 10.0 Å². The molecule has 11 heteroatoms. The summed E-state index contributed by atoms with van der Waals surface area (Å²) in [6.07, 6.45) is 1.42. The van der Waals surface area contributed by atoms with Gasteiger partial charge >= 0.3 is 0 Å². The lowest BCUT2D eigenvalue weighted by Crippen LogP contribution is -2.44. The molecule has 0 bridgehead atoms. The highest BCUT2D eigenvalue weighted by Crippen LogP contribution is 2.31. The van der Waals surface area contributed by atoms with E-state index in [1.807, 2.05) is 0 Å². The van der Waals surface area contributed by atoms with Crippen molar-refractivity contribution in [3.05, 3.63) is 18.2 Å². The summed E-state index contributed by atoms with van der Waals surface area (Å²) in [6, 6.07) is 4.15. The molecule has 0 amide bonds. The summed E-state index contributed by atoms with van der Waals surface area (Å²) in [5.41, 5.74) is 0.00184. The van der Waals surface area contributed by atoms with Crippen molar-refractivity contribution in [2.24, 2.45) is 0 Å². The van der Waals surface area contributed by atoms with E-state index >= 15 is 0 Å². The monoisotopic (exact) mass is 427 g/mol. The van der Waals surface area contributed by atoms with E-state index in [1.54, 1.807) is 0 Å². The van der Waals surface area contributed by atoms with Crippen molar-refractivity contribution in [3.63, 3.8) is 0 Å². The van der Waals surface area contributed by atoms with Gasteiger partial charge in [0.05, 0.1) is 18.6 Å². The quantitative estimate of drug-likeness (QED) is 0.678. The molecule has 1 aliphatic heterocycles. The fraction of sp³-hybridized carbons (Fsp3) is 0.600. The third-order valence-corrected chi connectivity index (χ3v) is 7.57. The molecule has 2 rings (SSSR count). The Hall–Kier alpha value is -1.07. The van der Waals surface area contributed by atoms with Crippen molar-refractivity contribution >= 4 is 38.1 Å². The standard InChI is InChI=1S/C15H25N3O5S2.ClH/c1-4-24(19,20)17-14-11-13(23-3)5-6-15(14)25(21,22)18(2)12-7-9-16-10-8-12;/h5-6,11-12,16-17H,4,7-10H2,1-3H3;1H. The number of methoxy groups -OCH3 is 1.